The first-order chi connectivity index (χ1) is 9.33. The highest BCUT2D eigenvalue weighted by molar-refractivity contribution is 9.10. The number of hydrogen-bond donors (Lipinski definition) is 1. The van der Waals surface area contributed by atoms with Gasteiger partial charge in [0.05, 0.1) is 0 Å². The smallest absolute Gasteiger partial charge is 0.0410 e. The minimum atomic E-state index is 0.476. The molecule has 1 aliphatic rings. The van der Waals surface area contributed by atoms with Gasteiger partial charge in [-0.3, -0.25) is 4.98 Å². The van der Waals surface area contributed by atoms with E-state index in [0.717, 1.165) is 11.0 Å². The molecule has 1 unspecified atom stereocenters. The number of pyridine rings is 1. The van der Waals surface area contributed by atoms with E-state index in [4.69, 9.17) is 0 Å². The third-order valence-corrected chi connectivity index (χ3v) is 4.12. The van der Waals surface area contributed by atoms with E-state index in [9.17, 15) is 0 Å². The topological polar surface area (TPSA) is 24.9 Å². The number of aromatic nitrogens is 1. The Bertz CT molecular complexity index is 568. The maximum absolute atomic E-state index is 4.21. The van der Waals surface area contributed by atoms with Crippen molar-refractivity contribution in [1.82, 2.24) is 10.3 Å². The number of benzene rings is 1. The van der Waals surface area contributed by atoms with Crippen LogP contribution in [0.25, 0.3) is 0 Å². The summed E-state index contributed by atoms with van der Waals surface area (Å²) in [5.74, 6) is 0. The Labute approximate surface area is 122 Å². The normalized spacial score (nSPS) is 18.1. The number of fused-ring (bicyclic) bond motifs is 1. The third-order valence-electron chi connectivity index (χ3n) is 3.68. The molecule has 3 heteroatoms. The average molecular weight is 317 g/mol. The largest absolute Gasteiger partial charge is 0.306 e. The van der Waals surface area contributed by atoms with E-state index in [1.165, 1.54) is 36.0 Å². The number of nitrogens with zero attached hydrogens (tertiary/aromatic N) is 1. The van der Waals surface area contributed by atoms with Gasteiger partial charge in [0.15, 0.2) is 0 Å². The maximum Gasteiger partial charge on any atom is 0.0410 e. The van der Waals surface area contributed by atoms with Crippen LogP contribution in [0.5, 0.6) is 0 Å². The summed E-state index contributed by atoms with van der Waals surface area (Å²) < 4.78 is 1.04. The lowest BCUT2D eigenvalue weighted by atomic mass is 9.88. The molecule has 2 nitrogen and oxygen atoms in total. The van der Waals surface area contributed by atoms with Crippen molar-refractivity contribution in [3.63, 3.8) is 0 Å². The fourth-order valence-corrected chi connectivity index (χ4v) is 3.17. The second kappa shape index (κ2) is 5.85. The Kier molecular flexibility index (Phi) is 3.95. The Morgan fingerprint density at radius 3 is 3.05 bits per heavy atom. The molecule has 0 amide bonds. The molecule has 1 N–H and O–H groups in total. The lowest BCUT2D eigenvalue weighted by molar-refractivity contribution is 0.459. The van der Waals surface area contributed by atoms with Gasteiger partial charge in [0, 0.05) is 29.5 Å². The van der Waals surface area contributed by atoms with Crippen molar-refractivity contribution in [2.75, 3.05) is 0 Å². The highest BCUT2D eigenvalue weighted by Gasteiger charge is 2.18. The first kappa shape index (κ1) is 12.8. The lowest BCUT2D eigenvalue weighted by Gasteiger charge is -2.26. The van der Waals surface area contributed by atoms with Crippen molar-refractivity contribution >= 4 is 15.9 Å². The van der Waals surface area contributed by atoms with Gasteiger partial charge in [0.25, 0.3) is 0 Å². The van der Waals surface area contributed by atoms with Crippen molar-refractivity contribution in [3.05, 3.63) is 63.9 Å². The number of aryl methyl sites for hydroxylation is 1. The molecule has 19 heavy (non-hydrogen) atoms. The molecule has 2 aromatic rings. The summed E-state index contributed by atoms with van der Waals surface area (Å²) in [5, 5.41) is 3.66. The van der Waals surface area contributed by atoms with Crippen molar-refractivity contribution in [3.8, 4) is 0 Å². The molecule has 0 saturated carbocycles. The van der Waals surface area contributed by atoms with Crippen LogP contribution in [0.4, 0.5) is 0 Å². The van der Waals surface area contributed by atoms with Crippen LogP contribution >= 0.6 is 15.9 Å². The highest BCUT2D eigenvalue weighted by atomic mass is 79.9. The van der Waals surface area contributed by atoms with Gasteiger partial charge >= 0.3 is 0 Å². The number of rotatable bonds is 3. The maximum atomic E-state index is 4.21. The Hall–Kier alpha value is -1.19. The van der Waals surface area contributed by atoms with Crippen LogP contribution in [-0.4, -0.2) is 4.98 Å². The van der Waals surface area contributed by atoms with Gasteiger partial charge in [-0.1, -0.05) is 24.3 Å². The molecule has 0 radical (unpaired) electrons. The monoisotopic (exact) mass is 316 g/mol. The van der Waals surface area contributed by atoms with Crippen molar-refractivity contribution in [2.24, 2.45) is 0 Å². The summed E-state index contributed by atoms with van der Waals surface area (Å²) in [6.07, 6.45) is 7.45. The fraction of sp³-hybridized carbons (Fsp3) is 0.312. The standard InChI is InChI=1S/C16H17BrN2/c17-14-8-12(9-18-11-14)10-19-16-7-3-5-13-4-1-2-6-15(13)16/h1-2,4,6,8-9,11,16,19H,3,5,7,10H2. The molecule has 98 valence electrons. The van der Waals surface area contributed by atoms with E-state index < -0.39 is 0 Å². The van der Waals surface area contributed by atoms with E-state index >= 15 is 0 Å². The average Bonchev–Trinajstić information content (AvgIpc) is 2.45. The number of hydrogen-bond acceptors (Lipinski definition) is 2. The number of nitrogens with one attached hydrogen (secondary N) is 1. The van der Waals surface area contributed by atoms with Crippen LogP contribution in [-0.2, 0) is 13.0 Å². The zero-order valence-corrected chi connectivity index (χ0v) is 12.4. The van der Waals surface area contributed by atoms with Crippen LogP contribution in [0.3, 0.4) is 0 Å². The van der Waals surface area contributed by atoms with Crippen LogP contribution in [0.2, 0.25) is 0 Å². The summed E-state index contributed by atoms with van der Waals surface area (Å²) in [6.45, 7) is 0.867. The molecule has 1 heterocycles. The predicted molar refractivity (Wildman–Crippen MR) is 80.9 cm³/mol. The van der Waals surface area contributed by atoms with E-state index in [1.54, 1.807) is 0 Å². The molecule has 1 aliphatic carbocycles. The molecule has 1 aromatic carbocycles. The van der Waals surface area contributed by atoms with Crippen LogP contribution in [0.15, 0.2) is 47.2 Å². The van der Waals surface area contributed by atoms with Crippen LogP contribution < -0.4 is 5.32 Å². The van der Waals surface area contributed by atoms with E-state index in [1.807, 2.05) is 12.4 Å². The summed E-state index contributed by atoms with van der Waals surface area (Å²) in [4.78, 5) is 4.21. The summed E-state index contributed by atoms with van der Waals surface area (Å²) in [6, 6.07) is 11.4. The molecule has 0 fully saturated rings. The van der Waals surface area contributed by atoms with Gasteiger partial charge in [0.2, 0.25) is 0 Å². The zero-order valence-electron chi connectivity index (χ0n) is 10.8. The van der Waals surface area contributed by atoms with Gasteiger partial charge in [-0.25, -0.2) is 0 Å². The van der Waals surface area contributed by atoms with E-state index in [-0.39, 0.29) is 0 Å². The first-order valence-electron chi connectivity index (χ1n) is 6.73. The Balaban J connectivity index is 1.71. The summed E-state index contributed by atoms with van der Waals surface area (Å²) in [5.41, 5.74) is 4.19. The molecule has 1 aromatic heterocycles. The van der Waals surface area contributed by atoms with Gasteiger partial charge in [-0.05, 0) is 57.9 Å². The summed E-state index contributed by atoms with van der Waals surface area (Å²) >= 11 is 3.46. The van der Waals surface area contributed by atoms with Gasteiger partial charge in [-0.2, -0.15) is 0 Å². The second-order valence-corrected chi connectivity index (χ2v) is 5.95. The molecular weight excluding hydrogens is 300 g/mol. The molecule has 0 aliphatic heterocycles. The molecule has 0 spiro atoms. The van der Waals surface area contributed by atoms with Crippen molar-refractivity contribution < 1.29 is 0 Å². The Morgan fingerprint density at radius 2 is 2.16 bits per heavy atom. The summed E-state index contributed by atoms with van der Waals surface area (Å²) in [7, 11) is 0. The minimum absolute atomic E-state index is 0.476. The minimum Gasteiger partial charge on any atom is -0.306 e. The fourth-order valence-electron chi connectivity index (χ4n) is 2.76. The van der Waals surface area contributed by atoms with Gasteiger partial charge in [-0.15, -0.1) is 0 Å². The van der Waals surface area contributed by atoms with Crippen LogP contribution in [0, 0.1) is 0 Å². The molecule has 3 rings (SSSR count). The molecule has 0 saturated heterocycles. The molecular formula is C16H17BrN2. The van der Waals surface area contributed by atoms with Gasteiger partial charge < -0.3 is 5.32 Å². The highest BCUT2D eigenvalue weighted by Crippen LogP contribution is 2.29. The van der Waals surface area contributed by atoms with Crippen molar-refractivity contribution in [2.45, 2.75) is 31.8 Å². The van der Waals surface area contributed by atoms with Crippen molar-refractivity contribution in [1.29, 1.82) is 0 Å². The lowest BCUT2D eigenvalue weighted by Crippen LogP contribution is -2.24. The Morgan fingerprint density at radius 1 is 1.26 bits per heavy atom. The zero-order chi connectivity index (χ0) is 13.1. The molecule has 1 atom stereocenters. The second-order valence-electron chi connectivity index (χ2n) is 5.04. The first-order valence-corrected chi connectivity index (χ1v) is 7.53. The molecule has 0 bridgehead atoms. The third kappa shape index (κ3) is 3.04. The quantitative estimate of drug-likeness (QED) is 0.925. The number of halogens is 1. The van der Waals surface area contributed by atoms with E-state index in [0.29, 0.717) is 6.04 Å². The van der Waals surface area contributed by atoms with Crippen LogP contribution in [0.1, 0.15) is 35.6 Å². The van der Waals surface area contributed by atoms with E-state index in [2.05, 4.69) is 56.6 Å². The van der Waals surface area contributed by atoms with Gasteiger partial charge in [0.1, 0.15) is 0 Å². The predicted octanol–water partition coefficient (Wildman–Crippen LogP) is 4.01. The SMILES string of the molecule is Brc1cncc(CNC2CCCc3ccccc32)c1.